The maximum Gasteiger partial charge on any atom is 0.343 e. The molecule has 0 saturated carbocycles. The second-order valence-corrected chi connectivity index (χ2v) is 11.5. The normalized spacial score (nSPS) is 11.7. The minimum Gasteiger partial charge on any atom is -0.493 e. The van der Waals surface area contributed by atoms with Crippen molar-refractivity contribution in [1.82, 2.24) is 5.43 Å². The van der Waals surface area contributed by atoms with Crippen LogP contribution < -0.4 is 19.6 Å². The van der Waals surface area contributed by atoms with E-state index in [2.05, 4.69) is 31.3 Å². The van der Waals surface area contributed by atoms with Crippen LogP contribution in [0.25, 0.3) is 0 Å². The van der Waals surface area contributed by atoms with Crippen LogP contribution in [-0.4, -0.2) is 36.7 Å². The molecular weight excluding hydrogens is 545 g/mol. The van der Waals surface area contributed by atoms with Crippen molar-refractivity contribution in [2.24, 2.45) is 10.5 Å². The van der Waals surface area contributed by atoms with Gasteiger partial charge in [-0.3, -0.25) is 14.9 Å². The number of hydrogen-bond donors (Lipinski definition) is 1. The smallest absolute Gasteiger partial charge is 0.343 e. The Morgan fingerprint density at radius 3 is 2.36 bits per heavy atom. The van der Waals surface area contributed by atoms with Crippen LogP contribution in [0.4, 0.5) is 10.1 Å². The Labute approximate surface area is 243 Å². The zero-order chi connectivity index (χ0) is 31.1. The van der Waals surface area contributed by atoms with E-state index in [9.17, 15) is 24.1 Å². The lowest BCUT2D eigenvalue weighted by molar-refractivity contribution is -0.385. The topological polar surface area (TPSA) is 129 Å². The van der Waals surface area contributed by atoms with Crippen molar-refractivity contribution >= 4 is 23.8 Å². The van der Waals surface area contributed by atoms with Crippen LogP contribution in [0.1, 0.15) is 62.5 Å². The summed E-state index contributed by atoms with van der Waals surface area (Å²) in [7, 11) is 1.38. The Balaban J connectivity index is 1.61. The first-order valence-corrected chi connectivity index (χ1v) is 13.1. The molecule has 3 aromatic carbocycles. The third-order valence-electron chi connectivity index (χ3n) is 6.12. The number of nitro groups is 1. The third-order valence-corrected chi connectivity index (χ3v) is 6.12. The summed E-state index contributed by atoms with van der Waals surface area (Å²) in [5, 5.41) is 15.6. The Bertz CT molecular complexity index is 1500. The summed E-state index contributed by atoms with van der Waals surface area (Å²) in [6.07, 6.45) is 2.14. The summed E-state index contributed by atoms with van der Waals surface area (Å²) in [5.74, 6) is -1.67. The first kappa shape index (κ1) is 31.7. The van der Waals surface area contributed by atoms with Gasteiger partial charge in [0.2, 0.25) is 0 Å². The Morgan fingerprint density at radius 1 is 1.00 bits per heavy atom. The van der Waals surface area contributed by atoms with Gasteiger partial charge >= 0.3 is 11.7 Å². The number of nitrogens with zero attached hydrogens (tertiary/aromatic N) is 2. The molecule has 0 aliphatic heterocycles. The van der Waals surface area contributed by atoms with E-state index >= 15 is 0 Å². The van der Waals surface area contributed by atoms with E-state index in [-0.39, 0.29) is 39.3 Å². The van der Waals surface area contributed by atoms with Gasteiger partial charge in [-0.15, -0.1) is 0 Å². The van der Waals surface area contributed by atoms with Gasteiger partial charge in [0.15, 0.2) is 23.9 Å². The van der Waals surface area contributed by atoms with Gasteiger partial charge in [0.05, 0.1) is 23.8 Å². The highest BCUT2D eigenvalue weighted by Crippen LogP contribution is 2.39. The Morgan fingerprint density at radius 2 is 1.71 bits per heavy atom. The number of hydrogen-bond acceptors (Lipinski definition) is 8. The molecule has 0 aromatic heterocycles. The number of methoxy groups -OCH3 is 1. The lowest BCUT2D eigenvalue weighted by Gasteiger charge is -2.33. The summed E-state index contributed by atoms with van der Waals surface area (Å²) in [4.78, 5) is 35.8. The molecule has 0 spiro atoms. The average molecular weight is 580 g/mol. The Kier molecular flexibility index (Phi) is 10.0. The lowest BCUT2D eigenvalue weighted by Crippen LogP contribution is -2.26. The molecule has 11 heteroatoms. The van der Waals surface area contributed by atoms with Gasteiger partial charge in [-0.1, -0.05) is 46.8 Å². The minimum atomic E-state index is -0.759. The van der Waals surface area contributed by atoms with Gasteiger partial charge in [-0.25, -0.2) is 14.6 Å². The molecule has 3 rings (SSSR count). The highest BCUT2D eigenvalue weighted by molar-refractivity contribution is 5.91. The summed E-state index contributed by atoms with van der Waals surface area (Å²) in [6.45, 7) is 9.91. The summed E-state index contributed by atoms with van der Waals surface area (Å²) in [6, 6.07) is 14.4. The number of rotatable bonds is 11. The number of amides is 1. The van der Waals surface area contributed by atoms with E-state index in [1.807, 2.05) is 13.8 Å². The molecule has 0 unspecified atom stereocenters. The maximum atomic E-state index is 13.4. The quantitative estimate of drug-likeness (QED) is 0.0941. The molecular formula is C31H34FN3O7. The molecule has 0 heterocycles. The van der Waals surface area contributed by atoms with Crippen molar-refractivity contribution in [2.45, 2.75) is 46.5 Å². The number of nitro benzene ring substituents is 1. The van der Waals surface area contributed by atoms with Crippen LogP contribution in [0.5, 0.6) is 17.2 Å². The molecule has 0 saturated heterocycles. The van der Waals surface area contributed by atoms with E-state index in [0.717, 1.165) is 18.1 Å². The highest BCUT2D eigenvalue weighted by Gasteiger charge is 2.30. The van der Waals surface area contributed by atoms with Crippen molar-refractivity contribution in [2.75, 3.05) is 13.7 Å². The second-order valence-electron chi connectivity index (χ2n) is 11.5. The third kappa shape index (κ3) is 8.85. The van der Waals surface area contributed by atoms with E-state index < -0.39 is 29.2 Å². The predicted octanol–water partition coefficient (Wildman–Crippen LogP) is 6.20. The molecule has 0 bridgehead atoms. The average Bonchev–Trinajstić information content (AvgIpc) is 2.91. The Hall–Kier alpha value is -4.80. The number of hydrazone groups is 1. The van der Waals surface area contributed by atoms with Crippen LogP contribution in [0.3, 0.4) is 0 Å². The highest BCUT2D eigenvalue weighted by atomic mass is 19.1. The van der Waals surface area contributed by atoms with Crippen molar-refractivity contribution < 1.29 is 33.1 Å². The van der Waals surface area contributed by atoms with Crippen molar-refractivity contribution in [1.29, 1.82) is 0 Å². The minimum absolute atomic E-state index is 0.0241. The maximum absolute atomic E-state index is 13.4. The zero-order valence-corrected chi connectivity index (χ0v) is 24.4. The monoisotopic (exact) mass is 579 g/mol. The molecule has 222 valence electrons. The molecule has 10 nitrogen and oxygen atoms in total. The van der Waals surface area contributed by atoms with Gasteiger partial charge in [-0.2, -0.15) is 5.10 Å². The SMILES string of the molecule is COc1cc(C=NNC(=O)COc2ccc(C(C)(C)CC(C)(C)C)cc2[N+](=O)[O-])ccc1OC(=O)c1cccc(F)c1. The fourth-order valence-corrected chi connectivity index (χ4v) is 4.61. The summed E-state index contributed by atoms with van der Waals surface area (Å²) < 4.78 is 29.4. The number of carbonyl (C=O) groups is 2. The number of ether oxygens (including phenoxy) is 3. The van der Waals surface area contributed by atoms with E-state index in [4.69, 9.17) is 14.2 Å². The number of benzene rings is 3. The molecule has 3 aromatic rings. The number of halogens is 1. The number of carbonyl (C=O) groups excluding carboxylic acids is 2. The van der Waals surface area contributed by atoms with Gasteiger partial charge in [0.1, 0.15) is 5.82 Å². The zero-order valence-electron chi connectivity index (χ0n) is 24.4. The van der Waals surface area contributed by atoms with Crippen LogP contribution in [0, 0.1) is 21.3 Å². The molecule has 42 heavy (non-hydrogen) atoms. The van der Waals surface area contributed by atoms with Crippen LogP contribution in [0.15, 0.2) is 65.8 Å². The van der Waals surface area contributed by atoms with Crippen LogP contribution in [0.2, 0.25) is 0 Å². The van der Waals surface area contributed by atoms with Crippen molar-refractivity contribution in [3.05, 3.63) is 93.3 Å². The molecule has 0 fully saturated rings. The van der Waals surface area contributed by atoms with Crippen LogP contribution >= 0.6 is 0 Å². The number of nitrogens with one attached hydrogen (secondary N) is 1. The summed E-state index contributed by atoms with van der Waals surface area (Å²) in [5.41, 5.74) is 3.13. The van der Waals surface area contributed by atoms with Crippen molar-refractivity contribution in [3.63, 3.8) is 0 Å². The summed E-state index contributed by atoms with van der Waals surface area (Å²) >= 11 is 0. The van der Waals surface area contributed by atoms with E-state index in [1.54, 1.807) is 12.1 Å². The molecule has 1 N–H and O–H groups in total. The standard InChI is InChI=1S/C31H34FN3O7/c1-30(2,3)19-31(4,5)22-11-13-25(24(16-22)35(38)39)41-18-28(36)34-33-17-20-10-12-26(27(14-20)40-6)42-29(37)21-8-7-9-23(32)15-21/h7-17H,18-19H2,1-6H3,(H,34,36). The number of esters is 1. The van der Waals surface area contributed by atoms with Crippen LogP contribution in [-0.2, 0) is 10.2 Å². The van der Waals surface area contributed by atoms with Gasteiger partial charge in [0, 0.05) is 6.07 Å². The van der Waals surface area contributed by atoms with Gasteiger partial charge in [-0.05, 0) is 70.8 Å². The molecule has 0 radical (unpaired) electrons. The van der Waals surface area contributed by atoms with Gasteiger partial charge < -0.3 is 14.2 Å². The molecule has 0 aliphatic carbocycles. The van der Waals surface area contributed by atoms with E-state index in [1.165, 1.54) is 55.8 Å². The molecule has 0 atom stereocenters. The van der Waals surface area contributed by atoms with Crippen molar-refractivity contribution in [3.8, 4) is 17.2 Å². The fraction of sp³-hybridized carbons (Fsp3) is 0.323. The largest absolute Gasteiger partial charge is 0.493 e. The molecule has 1 amide bonds. The van der Waals surface area contributed by atoms with E-state index in [0.29, 0.717) is 5.56 Å². The second kappa shape index (κ2) is 13.2. The predicted molar refractivity (Wildman–Crippen MR) is 156 cm³/mol. The fourth-order valence-electron chi connectivity index (χ4n) is 4.61. The van der Waals surface area contributed by atoms with Gasteiger partial charge in [0.25, 0.3) is 5.91 Å². The first-order valence-electron chi connectivity index (χ1n) is 13.1. The lowest BCUT2D eigenvalue weighted by atomic mass is 9.72. The first-order chi connectivity index (χ1) is 19.7. The molecule has 0 aliphatic rings.